The molecule has 0 aliphatic carbocycles. The minimum absolute atomic E-state index is 0.0315. The molecule has 19 heavy (non-hydrogen) atoms. The molecule has 0 aromatic carbocycles. The molecule has 0 aliphatic heterocycles. The largest absolute Gasteiger partial charge is 0.467 e. The van der Waals surface area contributed by atoms with Gasteiger partial charge >= 0.3 is 0 Å². The monoisotopic (exact) mass is 263 g/mol. The summed E-state index contributed by atoms with van der Waals surface area (Å²) in [5.74, 6) is 0.205. The number of methoxy groups -OCH3 is 1. The summed E-state index contributed by atoms with van der Waals surface area (Å²) < 4.78 is 9.96. The molecular weight excluding hydrogens is 246 g/mol. The van der Waals surface area contributed by atoms with E-state index in [0.717, 1.165) is 6.42 Å². The molecule has 0 radical (unpaired) electrons. The fourth-order valence-corrected chi connectivity index (χ4v) is 1.32. The molecule has 1 amide bonds. The van der Waals surface area contributed by atoms with E-state index in [1.165, 1.54) is 12.5 Å². The number of rotatable bonds is 8. The summed E-state index contributed by atoms with van der Waals surface area (Å²) in [7, 11) is 1.62. The molecule has 0 aliphatic rings. The number of nitrogens with one attached hydrogen (secondary N) is 2. The maximum absolute atomic E-state index is 11.7. The molecule has 0 spiro atoms. The Hall–Kier alpha value is -2.26. The Morgan fingerprint density at radius 1 is 1.63 bits per heavy atom. The molecule has 6 heteroatoms. The van der Waals surface area contributed by atoms with Crippen LogP contribution in [0.4, 0.5) is 0 Å². The van der Waals surface area contributed by atoms with Gasteiger partial charge in [0.2, 0.25) is 0 Å². The molecular formula is C13H17N3O3. The zero-order valence-corrected chi connectivity index (χ0v) is 10.8. The fraction of sp³-hybridized carbons (Fsp3) is 0.385. The second-order valence-corrected chi connectivity index (χ2v) is 3.73. The average Bonchev–Trinajstić information content (AvgIpc) is 2.93. The van der Waals surface area contributed by atoms with Crippen LogP contribution in [0.2, 0.25) is 0 Å². The number of amides is 1. The van der Waals surface area contributed by atoms with Crippen molar-refractivity contribution in [3.63, 3.8) is 0 Å². The second kappa shape index (κ2) is 8.78. The number of nitrogens with zero attached hydrogens (tertiary/aromatic N) is 1. The molecule has 0 fully saturated rings. The van der Waals surface area contributed by atoms with Crippen LogP contribution in [0.5, 0.6) is 0 Å². The number of carbonyl (C=O) groups excluding carboxylic acids is 1. The van der Waals surface area contributed by atoms with Crippen molar-refractivity contribution in [1.82, 2.24) is 10.6 Å². The number of nitriles is 1. The summed E-state index contributed by atoms with van der Waals surface area (Å²) in [6.45, 7) is 1.53. The maximum Gasteiger partial charge on any atom is 0.263 e. The van der Waals surface area contributed by atoms with Crippen LogP contribution in [0.15, 0.2) is 34.6 Å². The summed E-state index contributed by atoms with van der Waals surface area (Å²) in [6, 6.07) is 5.33. The number of furan rings is 1. The number of hydrogen-bond acceptors (Lipinski definition) is 5. The molecule has 1 aromatic rings. The quantitative estimate of drug-likeness (QED) is 0.414. The summed E-state index contributed by atoms with van der Waals surface area (Å²) in [5, 5.41) is 14.4. The average molecular weight is 263 g/mol. The molecule has 0 bridgehead atoms. The first kappa shape index (κ1) is 14.8. The summed E-state index contributed by atoms with van der Waals surface area (Å²) in [6.07, 6.45) is 3.74. The molecule has 1 aromatic heterocycles. The van der Waals surface area contributed by atoms with Crippen LogP contribution in [0.3, 0.4) is 0 Å². The van der Waals surface area contributed by atoms with Crippen molar-refractivity contribution in [2.45, 2.75) is 13.0 Å². The number of hydrogen-bond donors (Lipinski definition) is 2. The highest BCUT2D eigenvalue weighted by atomic mass is 16.5. The topological polar surface area (TPSA) is 87.3 Å². The molecule has 0 atom stereocenters. The normalized spacial score (nSPS) is 10.8. The Morgan fingerprint density at radius 3 is 3.11 bits per heavy atom. The van der Waals surface area contributed by atoms with Crippen LogP contribution in [-0.2, 0) is 16.1 Å². The van der Waals surface area contributed by atoms with Crippen LogP contribution >= 0.6 is 0 Å². The molecule has 1 heterocycles. The van der Waals surface area contributed by atoms with E-state index in [2.05, 4.69) is 10.6 Å². The minimum Gasteiger partial charge on any atom is -0.467 e. The van der Waals surface area contributed by atoms with Gasteiger partial charge in [-0.2, -0.15) is 5.26 Å². The van der Waals surface area contributed by atoms with Gasteiger partial charge in [-0.05, 0) is 18.6 Å². The predicted molar refractivity (Wildman–Crippen MR) is 68.7 cm³/mol. The molecule has 0 saturated heterocycles. The summed E-state index contributed by atoms with van der Waals surface area (Å²) >= 11 is 0. The van der Waals surface area contributed by atoms with Crippen molar-refractivity contribution in [3.05, 3.63) is 35.9 Å². The van der Waals surface area contributed by atoms with Gasteiger partial charge < -0.3 is 19.8 Å². The van der Waals surface area contributed by atoms with Gasteiger partial charge in [0.05, 0.1) is 12.8 Å². The predicted octanol–water partition coefficient (Wildman–Crippen LogP) is 0.929. The highest BCUT2D eigenvalue weighted by Gasteiger charge is 2.08. The number of ether oxygens (including phenoxy) is 1. The zero-order chi connectivity index (χ0) is 13.9. The molecule has 102 valence electrons. The Morgan fingerprint density at radius 2 is 2.47 bits per heavy atom. The van der Waals surface area contributed by atoms with E-state index in [-0.39, 0.29) is 12.1 Å². The minimum atomic E-state index is -0.432. The first-order valence-corrected chi connectivity index (χ1v) is 5.91. The lowest BCUT2D eigenvalue weighted by Crippen LogP contribution is -2.25. The van der Waals surface area contributed by atoms with Crippen LogP contribution in [-0.4, -0.2) is 26.2 Å². The summed E-state index contributed by atoms with van der Waals surface area (Å²) in [4.78, 5) is 11.7. The molecule has 6 nitrogen and oxygen atoms in total. The van der Waals surface area contributed by atoms with E-state index in [4.69, 9.17) is 14.4 Å². The van der Waals surface area contributed by atoms with E-state index in [9.17, 15) is 4.79 Å². The fourth-order valence-electron chi connectivity index (χ4n) is 1.32. The van der Waals surface area contributed by atoms with Crippen molar-refractivity contribution in [2.24, 2.45) is 0 Å². The van der Waals surface area contributed by atoms with Crippen molar-refractivity contribution in [2.75, 3.05) is 20.3 Å². The van der Waals surface area contributed by atoms with E-state index in [1.54, 1.807) is 19.2 Å². The Labute approximate surface area is 112 Å². The molecule has 2 N–H and O–H groups in total. The maximum atomic E-state index is 11.7. The Kier molecular flexibility index (Phi) is 6.84. The molecule has 0 saturated carbocycles. The van der Waals surface area contributed by atoms with Crippen LogP contribution in [0.1, 0.15) is 12.2 Å². The second-order valence-electron chi connectivity index (χ2n) is 3.73. The lowest BCUT2D eigenvalue weighted by atomic mass is 10.3. The van der Waals surface area contributed by atoms with Crippen LogP contribution < -0.4 is 10.6 Å². The van der Waals surface area contributed by atoms with Gasteiger partial charge in [0.1, 0.15) is 17.4 Å². The van der Waals surface area contributed by atoms with Gasteiger partial charge in [-0.15, -0.1) is 0 Å². The summed E-state index contributed by atoms with van der Waals surface area (Å²) in [5.41, 5.74) is 0.0315. The van der Waals surface area contributed by atoms with Gasteiger partial charge in [0, 0.05) is 26.5 Å². The van der Waals surface area contributed by atoms with Crippen molar-refractivity contribution in [1.29, 1.82) is 5.26 Å². The standard InChI is InChI=1S/C13H17N3O3/c1-18-6-3-5-15-9-11(8-14)13(17)16-10-12-4-2-7-19-12/h2,4,7,9,15H,3,5-6,10H2,1H3,(H,16,17)/b11-9-. The van der Waals surface area contributed by atoms with Gasteiger partial charge in [-0.1, -0.05) is 0 Å². The molecule has 0 unspecified atom stereocenters. The SMILES string of the molecule is COCCCN/C=C(/C#N)C(=O)NCc1ccco1. The first-order valence-electron chi connectivity index (χ1n) is 5.91. The smallest absolute Gasteiger partial charge is 0.263 e. The van der Waals surface area contributed by atoms with Gasteiger partial charge in [-0.25, -0.2) is 0 Å². The third-order valence-corrected chi connectivity index (χ3v) is 2.28. The third kappa shape index (κ3) is 5.75. The van der Waals surface area contributed by atoms with Crippen molar-refractivity contribution >= 4 is 5.91 Å². The third-order valence-electron chi connectivity index (χ3n) is 2.28. The van der Waals surface area contributed by atoms with Gasteiger partial charge in [0.15, 0.2) is 0 Å². The van der Waals surface area contributed by atoms with Crippen molar-refractivity contribution in [3.8, 4) is 6.07 Å². The number of carbonyl (C=O) groups is 1. The van der Waals surface area contributed by atoms with E-state index < -0.39 is 5.91 Å². The highest BCUT2D eigenvalue weighted by molar-refractivity contribution is 5.96. The van der Waals surface area contributed by atoms with Crippen LogP contribution in [0, 0.1) is 11.3 Å². The Balaban J connectivity index is 2.34. The van der Waals surface area contributed by atoms with E-state index in [1.807, 2.05) is 6.07 Å². The highest BCUT2D eigenvalue weighted by Crippen LogP contribution is 1.99. The zero-order valence-electron chi connectivity index (χ0n) is 10.8. The lowest BCUT2D eigenvalue weighted by Gasteiger charge is -2.03. The van der Waals surface area contributed by atoms with E-state index >= 15 is 0 Å². The Bertz CT molecular complexity index is 446. The van der Waals surface area contributed by atoms with E-state index in [0.29, 0.717) is 18.9 Å². The molecule has 1 rings (SSSR count). The lowest BCUT2D eigenvalue weighted by molar-refractivity contribution is -0.117. The van der Waals surface area contributed by atoms with Crippen molar-refractivity contribution < 1.29 is 13.9 Å². The van der Waals surface area contributed by atoms with Gasteiger partial charge in [0.25, 0.3) is 5.91 Å². The van der Waals surface area contributed by atoms with Crippen LogP contribution in [0.25, 0.3) is 0 Å². The first-order chi connectivity index (χ1) is 9.27. The van der Waals surface area contributed by atoms with Gasteiger partial charge in [-0.3, -0.25) is 4.79 Å².